The fourth-order valence-corrected chi connectivity index (χ4v) is 4.05. The van der Waals surface area contributed by atoms with E-state index in [4.69, 9.17) is 9.47 Å². The summed E-state index contributed by atoms with van der Waals surface area (Å²) < 4.78 is 10.8. The lowest BCUT2D eigenvalue weighted by Crippen LogP contribution is -2.37. The van der Waals surface area contributed by atoms with Gasteiger partial charge in [-0.15, -0.1) is 5.10 Å². The molecule has 1 aliphatic heterocycles. The average Bonchev–Trinajstić information content (AvgIpc) is 3.25. The van der Waals surface area contributed by atoms with Crippen LogP contribution in [0.3, 0.4) is 0 Å². The zero-order chi connectivity index (χ0) is 20.2. The number of nitrogens with one attached hydrogen (secondary N) is 1. The van der Waals surface area contributed by atoms with Crippen molar-refractivity contribution in [3.63, 3.8) is 0 Å². The highest BCUT2D eigenvalue weighted by Crippen LogP contribution is 2.33. The molecule has 0 fully saturated rings. The minimum absolute atomic E-state index is 0.0708. The number of carbonyl (C=O) groups is 1. The second-order valence-corrected chi connectivity index (χ2v) is 7.60. The van der Waals surface area contributed by atoms with E-state index in [0.29, 0.717) is 35.6 Å². The molecule has 0 atom stereocenters. The summed E-state index contributed by atoms with van der Waals surface area (Å²) in [6, 6.07) is 13.8. The highest BCUT2D eigenvalue weighted by molar-refractivity contribution is 7.99. The summed E-state index contributed by atoms with van der Waals surface area (Å²) in [6.45, 7) is 1.25. The molecule has 8 heteroatoms. The maximum atomic E-state index is 12.7. The van der Waals surface area contributed by atoms with Crippen molar-refractivity contribution in [2.45, 2.75) is 18.1 Å². The number of fused-ring (bicyclic) bond motifs is 1. The van der Waals surface area contributed by atoms with E-state index in [1.54, 1.807) is 14.2 Å². The Bertz CT molecular complexity index is 1010. The molecule has 0 radical (unpaired) electrons. The van der Waals surface area contributed by atoms with Gasteiger partial charge in [0.25, 0.3) is 0 Å². The first-order valence-electron chi connectivity index (χ1n) is 9.30. The van der Waals surface area contributed by atoms with Crippen LogP contribution >= 0.6 is 11.8 Å². The van der Waals surface area contributed by atoms with Crippen LogP contribution in [-0.2, 0) is 17.8 Å². The predicted octanol–water partition coefficient (Wildman–Crippen LogP) is 3.17. The van der Waals surface area contributed by atoms with E-state index in [-0.39, 0.29) is 5.91 Å². The maximum Gasteiger partial charge on any atom is 0.233 e. The number of nitrogens with zero attached hydrogens (tertiary/aromatic N) is 3. The zero-order valence-corrected chi connectivity index (χ0v) is 17.2. The number of hydrogen-bond donors (Lipinski definition) is 1. The first-order valence-corrected chi connectivity index (χ1v) is 10.3. The molecule has 0 aliphatic carbocycles. The molecule has 0 saturated carbocycles. The molecular formula is C21H22N4O3S. The van der Waals surface area contributed by atoms with Gasteiger partial charge in [-0.1, -0.05) is 42.1 Å². The van der Waals surface area contributed by atoms with Crippen LogP contribution < -0.4 is 9.47 Å². The molecule has 0 unspecified atom stereocenters. The van der Waals surface area contributed by atoms with Crippen LogP contribution in [0.4, 0.5) is 0 Å². The van der Waals surface area contributed by atoms with Crippen molar-refractivity contribution >= 4 is 17.7 Å². The highest BCUT2D eigenvalue weighted by Gasteiger charge is 2.23. The lowest BCUT2D eigenvalue weighted by Gasteiger charge is -2.29. The molecule has 4 rings (SSSR count). The van der Waals surface area contributed by atoms with Gasteiger partial charge in [0, 0.05) is 18.7 Å². The molecule has 29 heavy (non-hydrogen) atoms. The second kappa shape index (κ2) is 8.57. The first kappa shape index (κ1) is 19.3. The van der Waals surface area contributed by atoms with Gasteiger partial charge in [-0.25, -0.2) is 4.98 Å². The van der Waals surface area contributed by atoms with E-state index in [9.17, 15) is 4.79 Å². The smallest absolute Gasteiger partial charge is 0.233 e. The molecule has 1 N–H and O–H groups in total. The van der Waals surface area contributed by atoms with Crippen molar-refractivity contribution < 1.29 is 14.3 Å². The molecule has 2 aromatic carbocycles. The van der Waals surface area contributed by atoms with E-state index in [1.165, 1.54) is 17.3 Å². The fourth-order valence-electron chi connectivity index (χ4n) is 3.35. The first-order chi connectivity index (χ1) is 14.2. The predicted molar refractivity (Wildman–Crippen MR) is 111 cm³/mol. The Labute approximate surface area is 173 Å². The van der Waals surface area contributed by atoms with Gasteiger partial charge >= 0.3 is 0 Å². The molecule has 1 aliphatic rings. The number of ether oxygens (including phenoxy) is 2. The van der Waals surface area contributed by atoms with E-state index in [2.05, 4.69) is 15.2 Å². The number of hydrogen-bond acceptors (Lipinski definition) is 6. The van der Waals surface area contributed by atoms with E-state index >= 15 is 0 Å². The Kier molecular flexibility index (Phi) is 5.71. The third-order valence-corrected chi connectivity index (χ3v) is 5.74. The van der Waals surface area contributed by atoms with Gasteiger partial charge in [0.2, 0.25) is 11.1 Å². The van der Waals surface area contributed by atoms with Crippen molar-refractivity contribution in [3.8, 4) is 22.9 Å². The molecular weight excluding hydrogens is 388 g/mol. The van der Waals surface area contributed by atoms with Crippen LogP contribution in [-0.4, -0.2) is 52.5 Å². The van der Waals surface area contributed by atoms with Crippen molar-refractivity contribution in [2.75, 3.05) is 26.5 Å². The van der Waals surface area contributed by atoms with Crippen molar-refractivity contribution in [1.82, 2.24) is 20.1 Å². The van der Waals surface area contributed by atoms with Crippen LogP contribution in [0.5, 0.6) is 11.5 Å². The fraction of sp³-hybridized carbons (Fsp3) is 0.286. The van der Waals surface area contributed by atoms with Crippen molar-refractivity contribution in [2.24, 2.45) is 0 Å². The summed E-state index contributed by atoms with van der Waals surface area (Å²) in [5, 5.41) is 7.71. The Morgan fingerprint density at radius 3 is 2.59 bits per heavy atom. The number of amides is 1. The summed E-state index contributed by atoms with van der Waals surface area (Å²) in [4.78, 5) is 19.1. The summed E-state index contributed by atoms with van der Waals surface area (Å²) in [6.07, 6.45) is 0.797. The molecule has 3 aromatic rings. The zero-order valence-electron chi connectivity index (χ0n) is 16.3. The van der Waals surface area contributed by atoms with E-state index < -0.39 is 0 Å². The van der Waals surface area contributed by atoms with Crippen molar-refractivity contribution in [3.05, 3.63) is 53.6 Å². The van der Waals surface area contributed by atoms with Crippen LogP contribution in [0.25, 0.3) is 11.4 Å². The lowest BCUT2D eigenvalue weighted by atomic mass is 9.99. The number of methoxy groups -OCH3 is 2. The van der Waals surface area contributed by atoms with E-state index in [1.807, 2.05) is 47.4 Å². The Morgan fingerprint density at radius 1 is 1.14 bits per heavy atom. The largest absolute Gasteiger partial charge is 0.493 e. The number of aromatic nitrogens is 3. The van der Waals surface area contributed by atoms with Crippen LogP contribution in [0.2, 0.25) is 0 Å². The van der Waals surface area contributed by atoms with Crippen molar-refractivity contribution in [1.29, 1.82) is 0 Å². The molecule has 150 valence electrons. The number of H-pyrrole nitrogens is 1. The average molecular weight is 410 g/mol. The third kappa shape index (κ3) is 4.22. The van der Waals surface area contributed by atoms with Crippen LogP contribution in [0.15, 0.2) is 47.6 Å². The van der Waals surface area contributed by atoms with Crippen LogP contribution in [0.1, 0.15) is 11.1 Å². The van der Waals surface area contributed by atoms with Gasteiger partial charge in [0.1, 0.15) is 0 Å². The van der Waals surface area contributed by atoms with Gasteiger partial charge in [0.15, 0.2) is 17.3 Å². The molecule has 0 spiro atoms. The summed E-state index contributed by atoms with van der Waals surface area (Å²) in [5.74, 6) is 2.48. The molecule has 1 amide bonds. The normalized spacial score (nSPS) is 13.1. The molecule has 7 nitrogen and oxygen atoms in total. The standard InChI is InChI=1S/C21H22N4O3S/c1-27-17-10-15-8-9-25(12-16(15)11-18(17)28-2)19(26)13-29-21-22-20(23-24-21)14-6-4-3-5-7-14/h3-7,10-11H,8-9,12-13H2,1-2H3,(H,22,23,24). The highest BCUT2D eigenvalue weighted by atomic mass is 32.2. The van der Waals surface area contributed by atoms with Gasteiger partial charge in [-0.3, -0.25) is 9.89 Å². The van der Waals surface area contributed by atoms with Gasteiger partial charge < -0.3 is 14.4 Å². The Hall–Kier alpha value is -3.00. The van der Waals surface area contributed by atoms with Gasteiger partial charge in [-0.05, 0) is 29.7 Å². The number of thioether (sulfide) groups is 1. The quantitative estimate of drug-likeness (QED) is 0.629. The van der Waals surface area contributed by atoms with Crippen LogP contribution in [0, 0.1) is 0 Å². The Morgan fingerprint density at radius 2 is 1.86 bits per heavy atom. The molecule has 2 heterocycles. The summed E-state index contributed by atoms with van der Waals surface area (Å²) in [5.41, 5.74) is 3.26. The number of carbonyl (C=O) groups excluding carboxylic acids is 1. The van der Waals surface area contributed by atoms with E-state index in [0.717, 1.165) is 23.3 Å². The maximum absolute atomic E-state index is 12.7. The van der Waals surface area contributed by atoms with Gasteiger partial charge in [0.05, 0.1) is 20.0 Å². The van der Waals surface area contributed by atoms with Gasteiger partial charge in [-0.2, -0.15) is 0 Å². The minimum atomic E-state index is 0.0708. The summed E-state index contributed by atoms with van der Waals surface area (Å²) >= 11 is 1.34. The second-order valence-electron chi connectivity index (χ2n) is 6.66. The number of aromatic amines is 1. The number of benzene rings is 2. The minimum Gasteiger partial charge on any atom is -0.493 e. The monoisotopic (exact) mass is 410 g/mol. The Balaban J connectivity index is 1.38. The number of rotatable bonds is 6. The topological polar surface area (TPSA) is 80.3 Å². The SMILES string of the molecule is COc1cc2c(cc1OC)CN(C(=O)CSc1n[nH]c(-c3ccccc3)n1)CC2. The molecule has 0 bridgehead atoms. The third-order valence-electron chi connectivity index (χ3n) is 4.91. The molecule has 0 saturated heterocycles. The molecule has 1 aromatic heterocycles. The lowest BCUT2D eigenvalue weighted by molar-refractivity contribution is -0.129. The summed E-state index contributed by atoms with van der Waals surface area (Å²) in [7, 11) is 3.25.